The van der Waals surface area contributed by atoms with Crippen LogP contribution in [0.15, 0.2) is 0 Å². The Morgan fingerprint density at radius 3 is 2.55 bits per heavy atom. The molecule has 1 rings (SSSR count). The summed E-state index contributed by atoms with van der Waals surface area (Å²) < 4.78 is 5.02. The highest BCUT2D eigenvalue weighted by Gasteiger charge is 2.26. The Balaban J connectivity index is 3.10. The van der Waals surface area contributed by atoms with E-state index in [1.807, 2.05) is 13.8 Å². The first-order valence-corrected chi connectivity index (χ1v) is 6.85. The summed E-state index contributed by atoms with van der Waals surface area (Å²) in [7, 11) is 1.45. The highest BCUT2D eigenvalue weighted by Crippen LogP contribution is 2.32. The van der Waals surface area contributed by atoms with Crippen LogP contribution < -0.4 is 10.1 Å². The standard InChI is InChI=1S/C13H22N4O3/c1-5-6-7-8-14-12-11(17(18)19)10(9(2)3)15-13(16-12)20-4/h9H,5-8H2,1-4H3,(H,14,15,16). The Hall–Kier alpha value is -1.92. The third kappa shape index (κ3) is 4.04. The van der Waals surface area contributed by atoms with Crippen LogP contribution in [-0.2, 0) is 0 Å². The van der Waals surface area contributed by atoms with Crippen molar-refractivity contribution in [1.29, 1.82) is 0 Å². The molecule has 0 aliphatic rings. The maximum absolute atomic E-state index is 11.3. The summed E-state index contributed by atoms with van der Waals surface area (Å²) in [5, 5.41) is 14.3. The van der Waals surface area contributed by atoms with E-state index in [1.165, 1.54) is 7.11 Å². The van der Waals surface area contributed by atoms with Gasteiger partial charge in [-0.05, 0) is 6.42 Å². The number of nitrogens with one attached hydrogen (secondary N) is 1. The Bertz CT molecular complexity index is 463. The molecule has 7 nitrogen and oxygen atoms in total. The van der Waals surface area contributed by atoms with Crippen LogP contribution in [0.1, 0.15) is 51.6 Å². The van der Waals surface area contributed by atoms with Gasteiger partial charge in [0.15, 0.2) is 0 Å². The number of methoxy groups -OCH3 is 1. The average molecular weight is 282 g/mol. The topological polar surface area (TPSA) is 90.2 Å². The maximum Gasteiger partial charge on any atom is 0.333 e. The number of unbranched alkanes of at least 4 members (excludes halogenated alkanes) is 2. The van der Waals surface area contributed by atoms with Gasteiger partial charge in [-0.2, -0.15) is 9.97 Å². The number of rotatable bonds is 8. The van der Waals surface area contributed by atoms with Gasteiger partial charge in [0, 0.05) is 12.5 Å². The SMILES string of the molecule is CCCCCNc1nc(OC)nc(C(C)C)c1[N+](=O)[O-]. The lowest BCUT2D eigenvalue weighted by Crippen LogP contribution is -2.11. The fourth-order valence-electron chi connectivity index (χ4n) is 1.83. The van der Waals surface area contributed by atoms with Gasteiger partial charge in [0.05, 0.1) is 12.0 Å². The fourth-order valence-corrected chi connectivity index (χ4v) is 1.83. The summed E-state index contributed by atoms with van der Waals surface area (Å²) in [4.78, 5) is 19.0. The van der Waals surface area contributed by atoms with Gasteiger partial charge in [-0.1, -0.05) is 33.6 Å². The summed E-state index contributed by atoms with van der Waals surface area (Å²) in [6.45, 7) is 6.46. The Labute approximate surface area is 118 Å². The molecule has 0 unspecified atom stereocenters. The molecule has 20 heavy (non-hydrogen) atoms. The van der Waals surface area contributed by atoms with E-state index in [9.17, 15) is 10.1 Å². The average Bonchev–Trinajstić information content (AvgIpc) is 2.42. The van der Waals surface area contributed by atoms with Crippen LogP contribution in [0.2, 0.25) is 0 Å². The summed E-state index contributed by atoms with van der Waals surface area (Å²) in [6, 6.07) is 0.150. The molecule has 0 aliphatic carbocycles. The zero-order valence-corrected chi connectivity index (χ0v) is 12.5. The fraction of sp³-hybridized carbons (Fsp3) is 0.692. The first-order valence-electron chi connectivity index (χ1n) is 6.85. The van der Waals surface area contributed by atoms with Gasteiger partial charge in [0.25, 0.3) is 0 Å². The molecule has 1 aromatic rings. The van der Waals surface area contributed by atoms with E-state index >= 15 is 0 Å². The number of hydrogen-bond donors (Lipinski definition) is 1. The second-order valence-electron chi connectivity index (χ2n) is 4.84. The molecule has 1 heterocycles. The van der Waals surface area contributed by atoms with Crippen molar-refractivity contribution in [3.8, 4) is 6.01 Å². The van der Waals surface area contributed by atoms with Crippen molar-refractivity contribution in [2.24, 2.45) is 0 Å². The molecule has 0 saturated heterocycles. The molecule has 0 bridgehead atoms. The van der Waals surface area contributed by atoms with E-state index in [0.717, 1.165) is 19.3 Å². The predicted octanol–water partition coefficient (Wildman–Crippen LogP) is 3.12. The van der Waals surface area contributed by atoms with Crippen molar-refractivity contribution in [2.45, 2.75) is 46.0 Å². The van der Waals surface area contributed by atoms with E-state index < -0.39 is 4.92 Å². The van der Waals surface area contributed by atoms with Crippen LogP contribution in [0.25, 0.3) is 0 Å². The first kappa shape index (κ1) is 16.1. The lowest BCUT2D eigenvalue weighted by Gasteiger charge is -2.12. The molecule has 0 aromatic carbocycles. The van der Waals surface area contributed by atoms with Crippen molar-refractivity contribution in [3.05, 3.63) is 15.8 Å². The summed E-state index contributed by atoms with van der Waals surface area (Å²) in [6.07, 6.45) is 3.10. The van der Waals surface area contributed by atoms with Gasteiger partial charge in [-0.25, -0.2) is 0 Å². The highest BCUT2D eigenvalue weighted by molar-refractivity contribution is 5.60. The summed E-state index contributed by atoms with van der Waals surface area (Å²) in [5.41, 5.74) is 0.331. The largest absolute Gasteiger partial charge is 0.467 e. The highest BCUT2D eigenvalue weighted by atomic mass is 16.6. The maximum atomic E-state index is 11.3. The van der Waals surface area contributed by atoms with Crippen LogP contribution >= 0.6 is 0 Å². The number of nitro groups is 1. The number of aromatic nitrogens is 2. The Morgan fingerprint density at radius 2 is 2.05 bits per heavy atom. The van der Waals surface area contributed by atoms with E-state index in [0.29, 0.717) is 12.2 Å². The molecule has 0 fully saturated rings. The number of nitrogens with zero attached hydrogens (tertiary/aromatic N) is 3. The van der Waals surface area contributed by atoms with Crippen LogP contribution in [0, 0.1) is 10.1 Å². The van der Waals surface area contributed by atoms with E-state index in [4.69, 9.17) is 4.74 Å². The van der Waals surface area contributed by atoms with Gasteiger partial charge in [-0.15, -0.1) is 0 Å². The first-order chi connectivity index (χ1) is 9.51. The van der Waals surface area contributed by atoms with Crippen LogP contribution in [-0.4, -0.2) is 28.5 Å². The van der Waals surface area contributed by atoms with Gasteiger partial charge < -0.3 is 10.1 Å². The van der Waals surface area contributed by atoms with Gasteiger partial charge >= 0.3 is 11.7 Å². The minimum Gasteiger partial charge on any atom is -0.467 e. The Kier molecular flexibility index (Phi) is 6.14. The number of ether oxygens (including phenoxy) is 1. The van der Waals surface area contributed by atoms with Crippen molar-refractivity contribution >= 4 is 11.5 Å². The normalized spacial score (nSPS) is 10.7. The molecule has 1 N–H and O–H groups in total. The van der Waals surface area contributed by atoms with E-state index in [-0.39, 0.29) is 23.4 Å². The predicted molar refractivity (Wildman–Crippen MR) is 77.3 cm³/mol. The van der Waals surface area contributed by atoms with Gasteiger partial charge in [0.2, 0.25) is 5.82 Å². The van der Waals surface area contributed by atoms with E-state index in [2.05, 4.69) is 22.2 Å². The minimum atomic E-state index is -0.434. The molecule has 0 amide bonds. The molecule has 0 aliphatic heterocycles. The molecule has 112 valence electrons. The quantitative estimate of drug-likeness (QED) is 0.447. The number of anilines is 1. The molecule has 7 heteroatoms. The van der Waals surface area contributed by atoms with Crippen LogP contribution in [0.4, 0.5) is 11.5 Å². The second-order valence-corrected chi connectivity index (χ2v) is 4.84. The third-order valence-electron chi connectivity index (χ3n) is 2.88. The second kappa shape index (κ2) is 7.62. The summed E-state index contributed by atoms with van der Waals surface area (Å²) in [5.74, 6) is 0.158. The molecule has 0 atom stereocenters. The number of hydrogen-bond acceptors (Lipinski definition) is 6. The van der Waals surface area contributed by atoms with Crippen molar-refractivity contribution in [1.82, 2.24) is 9.97 Å². The zero-order chi connectivity index (χ0) is 15.1. The third-order valence-corrected chi connectivity index (χ3v) is 2.88. The van der Waals surface area contributed by atoms with E-state index in [1.54, 1.807) is 0 Å². The van der Waals surface area contributed by atoms with Crippen LogP contribution in [0.5, 0.6) is 6.01 Å². The zero-order valence-electron chi connectivity index (χ0n) is 12.5. The van der Waals surface area contributed by atoms with Gasteiger partial charge in [-0.3, -0.25) is 10.1 Å². The minimum absolute atomic E-state index is 0.0581. The molecular formula is C13H22N4O3. The molecule has 1 aromatic heterocycles. The molecular weight excluding hydrogens is 260 g/mol. The molecule has 0 spiro atoms. The summed E-state index contributed by atoms with van der Waals surface area (Å²) >= 11 is 0. The monoisotopic (exact) mass is 282 g/mol. The van der Waals surface area contributed by atoms with Crippen molar-refractivity contribution < 1.29 is 9.66 Å². The van der Waals surface area contributed by atoms with Gasteiger partial charge in [0.1, 0.15) is 5.69 Å². The smallest absolute Gasteiger partial charge is 0.333 e. The molecule has 0 saturated carbocycles. The Morgan fingerprint density at radius 1 is 1.35 bits per heavy atom. The van der Waals surface area contributed by atoms with Crippen LogP contribution in [0.3, 0.4) is 0 Å². The lowest BCUT2D eigenvalue weighted by molar-refractivity contribution is -0.385. The van der Waals surface area contributed by atoms with Crippen molar-refractivity contribution in [3.63, 3.8) is 0 Å². The van der Waals surface area contributed by atoms with Crippen molar-refractivity contribution in [2.75, 3.05) is 19.0 Å². The molecule has 0 radical (unpaired) electrons. The lowest BCUT2D eigenvalue weighted by atomic mass is 10.1.